The van der Waals surface area contributed by atoms with E-state index in [0.29, 0.717) is 24.5 Å². The van der Waals surface area contributed by atoms with Crippen LogP contribution in [0.4, 0.5) is 0 Å². The largest absolute Gasteiger partial charge is 0.383 e. The van der Waals surface area contributed by atoms with Crippen molar-refractivity contribution in [1.29, 1.82) is 0 Å². The van der Waals surface area contributed by atoms with Crippen molar-refractivity contribution >= 4 is 5.91 Å². The lowest BCUT2D eigenvalue weighted by Crippen LogP contribution is -2.45. The number of rotatable bonds is 9. The summed E-state index contributed by atoms with van der Waals surface area (Å²) in [6.45, 7) is 7.12. The van der Waals surface area contributed by atoms with Crippen LogP contribution >= 0.6 is 0 Å². The third-order valence-corrected chi connectivity index (χ3v) is 3.68. The topological polar surface area (TPSA) is 50.4 Å². The molecule has 0 aliphatic heterocycles. The third kappa shape index (κ3) is 5.36. The van der Waals surface area contributed by atoms with E-state index < -0.39 is 0 Å². The molecule has 0 unspecified atom stereocenters. The number of nitrogens with one attached hydrogen (secondary N) is 2. The van der Waals surface area contributed by atoms with Crippen molar-refractivity contribution in [3.63, 3.8) is 0 Å². The molecule has 0 radical (unpaired) electrons. The van der Waals surface area contributed by atoms with E-state index in [2.05, 4.69) is 24.5 Å². The highest BCUT2D eigenvalue weighted by Crippen LogP contribution is 2.45. The molecular weight excluding hydrogens is 228 g/mol. The summed E-state index contributed by atoms with van der Waals surface area (Å²) >= 11 is 0. The van der Waals surface area contributed by atoms with Gasteiger partial charge < -0.3 is 15.4 Å². The molecule has 0 bridgehead atoms. The number of ether oxygens (including phenoxy) is 1. The van der Waals surface area contributed by atoms with E-state index >= 15 is 0 Å². The van der Waals surface area contributed by atoms with Crippen LogP contribution in [0.15, 0.2) is 0 Å². The van der Waals surface area contributed by atoms with E-state index in [1.807, 2.05) is 0 Å². The van der Waals surface area contributed by atoms with Gasteiger partial charge in [0.2, 0.25) is 5.91 Å². The number of hydrogen-bond donors (Lipinski definition) is 2. The molecule has 1 rings (SSSR count). The third-order valence-electron chi connectivity index (χ3n) is 3.68. The van der Waals surface area contributed by atoms with Gasteiger partial charge in [-0.3, -0.25) is 4.79 Å². The number of methoxy groups -OCH3 is 1. The first-order valence-electron chi connectivity index (χ1n) is 7.04. The lowest BCUT2D eigenvalue weighted by atomic mass is 9.64. The average molecular weight is 256 g/mol. The van der Waals surface area contributed by atoms with Crippen molar-refractivity contribution in [2.24, 2.45) is 11.3 Å². The monoisotopic (exact) mass is 256 g/mol. The van der Waals surface area contributed by atoms with Gasteiger partial charge in [-0.25, -0.2) is 0 Å². The van der Waals surface area contributed by atoms with Crippen LogP contribution in [0.5, 0.6) is 0 Å². The second-order valence-electron chi connectivity index (χ2n) is 5.90. The molecule has 1 saturated carbocycles. The minimum absolute atomic E-state index is 0.0983. The van der Waals surface area contributed by atoms with Crippen LogP contribution < -0.4 is 10.6 Å². The highest BCUT2D eigenvalue weighted by atomic mass is 16.5. The summed E-state index contributed by atoms with van der Waals surface area (Å²) in [4.78, 5) is 11.7. The number of hydrogen-bond acceptors (Lipinski definition) is 3. The van der Waals surface area contributed by atoms with Gasteiger partial charge in [-0.2, -0.15) is 0 Å². The van der Waals surface area contributed by atoms with Crippen molar-refractivity contribution in [3.8, 4) is 0 Å². The van der Waals surface area contributed by atoms with Gasteiger partial charge in [0.15, 0.2) is 0 Å². The Hall–Kier alpha value is -0.610. The smallest absolute Gasteiger partial charge is 0.233 e. The lowest BCUT2D eigenvalue weighted by molar-refractivity contribution is -0.121. The van der Waals surface area contributed by atoms with E-state index in [1.165, 1.54) is 25.7 Å². The summed E-state index contributed by atoms with van der Waals surface area (Å²) in [6.07, 6.45) is 5.07. The van der Waals surface area contributed by atoms with E-state index in [9.17, 15) is 4.79 Å². The molecule has 1 aliphatic rings. The Morgan fingerprint density at radius 1 is 1.39 bits per heavy atom. The first-order chi connectivity index (χ1) is 8.58. The Kier molecular flexibility index (Phi) is 6.65. The number of carbonyl (C=O) groups excluding carboxylic acids is 1. The molecule has 18 heavy (non-hydrogen) atoms. The molecule has 2 N–H and O–H groups in total. The Labute approximate surface area is 111 Å². The quantitative estimate of drug-likeness (QED) is 0.616. The molecule has 1 fully saturated rings. The maximum absolute atomic E-state index is 11.7. The van der Waals surface area contributed by atoms with Gasteiger partial charge >= 0.3 is 0 Å². The Bertz CT molecular complexity index is 250. The summed E-state index contributed by atoms with van der Waals surface area (Å²) in [5.74, 6) is 0.808. The van der Waals surface area contributed by atoms with Crippen molar-refractivity contribution in [3.05, 3.63) is 0 Å². The Morgan fingerprint density at radius 3 is 2.61 bits per heavy atom. The first-order valence-corrected chi connectivity index (χ1v) is 7.04. The van der Waals surface area contributed by atoms with Gasteiger partial charge in [-0.1, -0.05) is 20.3 Å². The van der Waals surface area contributed by atoms with E-state index in [0.717, 1.165) is 13.1 Å². The molecule has 4 nitrogen and oxygen atoms in total. The molecule has 0 aromatic carbocycles. The fraction of sp³-hybridized carbons (Fsp3) is 0.929. The lowest BCUT2D eigenvalue weighted by Gasteiger charge is -2.43. The molecule has 4 heteroatoms. The van der Waals surface area contributed by atoms with Crippen molar-refractivity contribution in [2.45, 2.75) is 39.5 Å². The molecule has 0 aromatic rings. The van der Waals surface area contributed by atoms with Crippen LogP contribution in [0.1, 0.15) is 39.5 Å². The van der Waals surface area contributed by atoms with Crippen LogP contribution in [0, 0.1) is 11.3 Å². The second kappa shape index (κ2) is 7.74. The predicted octanol–water partition coefficient (Wildman–Crippen LogP) is 1.55. The molecular formula is C14H28N2O2. The Morgan fingerprint density at radius 2 is 2.11 bits per heavy atom. The zero-order valence-electron chi connectivity index (χ0n) is 12.1. The van der Waals surface area contributed by atoms with Gasteiger partial charge in [0.1, 0.15) is 0 Å². The van der Waals surface area contributed by atoms with Crippen molar-refractivity contribution in [2.75, 3.05) is 33.4 Å². The minimum Gasteiger partial charge on any atom is -0.383 e. The summed E-state index contributed by atoms with van der Waals surface area (Å²) in [6, 6.07) is 0. The van der Waals surface area contributed by atoms with Gasteiger partial charge in [0.25, 0.3) is 0 Å². The van der Waals surface area contributed by atoms with Crippen molar-refractivity contribution < 1.29 is 9.53 Å². The second-order valence-corrected chi connectivity index (χ2v) is 5.90. The fourth-order valence-corrected chi connectivity index (χ4v) is 2.72. The van der Waals surface area contributed by atoms with Crippen LogP contribution in [0.25, 0.3) is 0 Å². The summed E-state index contributed by atoms with van der Waals surface area (Å²) in [7, 11) is 1.66. The first kappa shape index (κ1) is 15.4. The molecule has 1 aliphatic carbocycles. The standard InChI is InChI=1S/C14H28N2O2/c1-12(2)9-14(5-4-6-14)11-16-13(17)10-15-7-8-18-3/h12,15H,4-11H2,1-3H3,(H,16,17). The van der Waals surface area contributed by atoms with Crippen LogP contribution in [0.2, 0.25) is 0 Å². The number of amides is 1. The normalized spacial score (nSPS) is 17.6. The fourth-order valence-electron chi connectivity index (χ4n) is 2.72. The molecule has 0 aromatic heterocycles. The summed E-state index contributed by atoms with van der Waals surface area (Å²) < 4.78 is 4.91. The highest BCUT2D eigenvalue weighted by molar-refractivity contribution is 5.78. The van der Waals surface area contributed by atoms with Crippen LogP contribution in [-0.2, 0) is 9.53 Å². The minimum atomic E-state index is 0.0983. The maximum atomic E-state index is 11.7. The SMILES string of the molecule is COCCNCC(=O)NCC1(CC(C)C)CCC1. The molecule has 1 amide bonds. The molecule has 0 saturated heterocycles. The van der Waals surface area contributed by atoms with E-state index in [1.54, 1.807) is 7.11 Å². The Balaban J connectivity index is 2.16. The average Bonchev–Trinajstić information content (AvgIpc) is 2.27. The summed E-state index contributed by atoms with van der Waals surface area (Å²) in [5, 5.41) is 6.13. The van der Waals surface area contributed by atoms with Gasteiger partial charge in [-0.15, -0.1) is 0 Å². The molecule has 0 spiro atoms. The zero-order valence-corrected chi connectivity index (χ0v) is 12.1. The maximum Gasteiger partial charge on any atom is 0.233 e. The van der Waals surface area contributed by atoms with Crippen LogP contribution in [0.3, 0.4) is 0 Å². The van der Waals surface area contributed by atoms with E-state index in [4.69, 9.17) is 4.74 Å². The number of carbonyl (C=O) groups is 1. The van der Waals surface area contributed by atoms with Crippen molar-refractivity contribution in [1.82, 2.24) is 10.6 Å². The molecule has 0 atom stereocenters. The predicted molar refractivity (Wildman–Crippen MR) is 73.5 cm³/mol. The molecule has 0 heterocycles. The van der Waals surface area contributed by atoms with Gasteiger partial charge in [0.05, 0.1) is 13.2 Å². The van der Waals surface area contributed by atoms with Gasteiger partial charge in [0, 0.05) is 20.2 Å². The molecule has 106 valence electrons. The van der Waals surface area contributed by atoms with Crippen LogP contribution in [-0.4, -0.2) is 39.3 Å². The van der Waals surface area contributed by atoms with E-state index in [-0.39, 0.29) is 5.91 Å². The zero-order chi connectivity index (χ0) is 13.4. The highest BCUT2D eigenvalue weighted by Gasteiger charge is 2.37. The van der Waals surface area contributed by atoms with Gasteiger partial charge in [-0.05, 0) is 30.6 Å². The summed E-state index contributed by atoms with van der Waals surface area (Å²) in [5.41, 5.74) is 0.385.